The van der Waals surface area contributed by atoms with Crippen LogP contribution in [0.3, 0.4) is 0 Å². The molecule has 1 unspecified atom stereocenters. The lowest BCUT2D eigenvalue weighted by Gasteiger charge is -2.34. The second kappa shape index (κ2) is 7.78. The Morgan fingerprint density at radius 1 is 1.05 bits per heavy atom. The van der Waals surface area contributed by atoms with Gasteiger partial charge in [-0.3, -0.25) is 0 Å². The lowest BCUT2D eigenvalue weighted by Crippen LogP contribution is -2.32. The van der Waals surface area contributed by atoms with Gasteiger partial charge in [-0.1, -0.05) is 64.8 Å². The Morgan fingerprint density at radius 2 is 1.58 bits per heavy atom. The number of hydrogen-bond donors (Lipinski definition) is 0. The minimum absolute atomic E-state index is 0.0437. The van der Waals surface area contributed by atoms with Gasteiger partial charge >= 0.3 is 0 Å². The average molecular weight is 394 g/mol. The van der Waals surface area contributed by atoms with E-state index in [9.17, 15) is 4.39 Å². The molecule has 0 aliphatic carbocycles. The van der Waals surface area contributed by atoms with Crippen molar-refractivity contribution >= 4 is 31.9 Å². The first-order valence-corrected chi connectivity index (χ1v) is 9.06. The second-order valence-electron chi connectivity index (χ2n) is 5.99. The zero-order valence-electron chi connectivity index (χ0n) is 11.9. The van der Waals surface area contributed by atoms with Gasteiger partial charge in [0.25, 0.3) is 0 Å². The first kappa shape index (κ1) is 17.2. The third-order valence-electron chi connectivity index (χ3n) is 3.58. The van der Waals surface area contributed by atoms with Crippen molar-refractivity contribution in [3.8, 4) is 0 Å². The van der Waals surface area contributed by atoms with Crippen LogP contribution < -0.4 is 0 Å². The lowest BCUT2D eigenvalue weighted by molar-refractivity contribution is 0.341. The van der Waals surface area contributed by atoms with E-state index in [1.165, 1.54) is 12.0 Å². The highest BCUT2D eigenvalue weighted by Gasteiger charge is 2.32. The van der Waals surface area contributed by atoms with Crippen LogP contribution in [0.15, 0.2) is 24.3 Å². The van der Waals surface area contributed by atoms with Crippen LogP contribution in [0, 0.1) is 17.7 Å². The molecule has 0 spiro atoms. The highest BCUT2D eigenvalue weighted by molar-refractivity contribution is 9.09. The van der Waals surface area contributed by atoms with Gasteiger partial charge in [-0.2, -0.15) is 0 Å². The largest absolute Gasteiger partial charge is 0.207 e. The van der Waals surface area contributed by atoms with Crippen molar-refractivity contribution in [1.82, 2.24) is 0 Å². The third kappa shape index (κ3) is 4.86. The number of rotatable bonds is 7. The topological polar surface area (TPSA) is 0 Å². The maximum Gasteiger partial charge on any atom is 0.123 e. The van der Waals surface area contributed by atoms with Gasteiger partial charge in [-0.15, -0.1) is 0 Å². The average Bonchev–Trinajstić information content (AvgIpc) is 2.36. The molecule has 0 radical (unpaired) electrons. The summed E-state index contributed by atoms with van der Waals surface area (Å²) >= 11 is 7.32. The minimum atomic E-state index is -0.169. The van der Waals surface area contributed by atoms with E-state index in [0.717, 1.165) is 17.1 Å². The lowest BCUT2D eigenvalue weighted by atomic mass is 9.75. The van der Waals surface area contributed by atoms with Crippen molar-refractivity contribution in [3.63, 3.8) is 0 Å². The summed E-state index contributed by atoms with van der Waals surface area (Å²) in [4.78, 5) is 0. The van der Waals surface area contributed by atoms with E-state index in [-0.39, 0.29) is 11.2 Å². The molecule has 0 aliphatic heterocycles. The van der Waals surface area contributed by atoms with Crippen molar-refractivity contribution in [2.45, 2.75) is 39.0 Å². The Bertz CT molecular complexity index is 369. The van der Waals surface area contributed by atoms with E-state index in [2.05, 4.69) is 52.6 Å². The Labute approximate surface area is 133 Å². The van der Waals surface area contributed by atoms with Crippen LogP contribution in [0.5, 0.6) is 0 Å². The number of alkyl halides is 2. The van der Waals surface area contributed by atoms with Gasteiger partial charge in [0.05, 0.1) is 0 Å². The zero-order chi connectivity index (χ0) is 14.5. The number of benzene rings is 1. The smallest absolute Gasteiger partial charge is 0.123 e. The molecule has 108 valence electrons. The monoisotopic (exact) mass is 392 g/mol. The molecule has 0 fully saturated rings. The molecule has 0 amide bonds. The Balaban J connectivity index is 2.93. The van der Waals surface area contributed by atoms with E-state index >= 15 is 0 Å². The van der Waals surface area contributed by atoms with Crippen LogP contribution in [0.4, 0.5) is 4.39 Å². The van der Waals surface area contributed by atoms with Crippen molar-refractivity contribution in [2.24, 2.45) is 11.8 Å². The predicted molar refractivity (Wildman–Crippen MR) is 88.9 cm³/mol. The molecule has 19 heavy (non-hydrogen) atoms. The Kier molecular flexibility index (Phi) is 7.02. The van der Waals surface area contributed by atoms with E-state index in [1.54, 1.807) is 12.1 Å². The van der Waals surface area contributed by atoms with Crippen molar-refractivity contribution < 1.29 is 4.39 Å². The summed E-state index contributed by atoms with van der Waals surface area (Å²) in [6.07, 6.45) is 2.33. The summed E-state index contributed by atoms with van der Waals surface area (Å²) in [5.41, 5.74) is 1.25. The quantitative estimate of drug-likeness (QED) is 0.504. The summed E-state index contributed by atoms with van der Waals surface area (Å²) < 4.78 is 13.1. The molecule has 1 aromatic rings. The zero-order valence-corrected chi connectivity index (χ0v) is 15.1. The molecule has 0 saturated carbocycles. The molecule has 0 bridgehead atoms. The van der Waals surface area contributed by atoms with Crippen LogP contribution >= 0.6 is 31.9 Å². The molecule has 1 rings (SSSR count). The summed E-state index contributed by atoms with van der Waals surface area (Å²) in [6.45, 7) is 6.83. The van der Waals surface area contributed by atoms with Crippen LogP contribution in [-0.4, -0.2) is 10.7 Å². The maximum atomic E-state index is 13.1. The van der Waals surface area contributed by atoms with Crippen LogP contribution in [0.1, 0.15) is 39.2 Å². The fourth-order valence-corrected chi connectivity index (χ4v) is 4.81. The Hall–Kier alpha value is 0.110. The number of halogens is 3. The van der Waals surface area contributed by atoms with E-state index in [4.69, 9.17) is 0 Å². The van der Waals surface area contributed by atoms with Gasteiger partial charge in [0.1, 0.15) is 5.82 Å². The molecule has 0 saturated heterocycles. The van der Waals surface area contributed by atoms with Gasteiger partial charge < -0.3 is 0 Å². The van der Waals surface area contributed by atoms with Gasteiger partial charge in [-0.05, 0) is 42.4 Å². The van der Waals surface area contributed by atoms with Gasteiger partial charge in [0, 0.05) is 16.1 Å². The summed E-state index contributed by atoms with van der Waals surface area (Å²) in [5, 5.41) is 1.78. The highest BCUT2D eigenvalue weighted by Crippen LogP contribution is 2.37. The molecule has 3 heteroatoms. The van der Waals surface area contributed by atoms with Gasteiger partial charge in [0.2, 0.25) is 0 Å². The van der Waals surface area contributed by atoms with Crippen LogP contribution in [0.25, 0.3) is 0 Å². The highest BCUT2D eigenvalue weighted by atomic mass is 79.9. The van der Waals surface area contributed by atoms with Gasteiger partial charge in [-0.25, -0.2) is 4.39 Å². The van der Waals surface area contributed by atoms with Crippen LogP contribution in [0.2, 0.25) is 0 Å². The molecule has 1 aromatic carbocycles. The molecular weight excluding hydrogens is 371 g/mol. The van der Waals surface area contributed by atoms with E-state index in [1.807, 2.05) is 12.1 Å². The normalized spacial score (nSPS) is 13.8. The second-order valence-corrected chi connectivity index (χ2v) is 7.11. The standard InChI is InChI=1S/C16H23Br2F/c1-12(2)8-13(3)9-16(10-17,11-18)14-4-6-15(19)7-5-14/h4-7,12-13H,8-11H2,1-3H3. The molecular formula is C16H23Br2F. The molecule has 0 heterocycles. The van der Waals surface area contributed by atoms with Crippen molar-refractivity contribution in [1.29, 1.82) is 0 Å². The summed E-state index contributed by atoms with van der Waals surface area (Å²) in [6, 6.07) is 6.95. The van der Waals surface area contributed by atoms with E-state index < -0.39 is 0 Å². The fourth-order valence-electron chi connectivity index (χ4n) is 2.78. The van der Waals surface area contributed by atoms with Crippen molar-refractivity contribution in [2.75, 3.05) is 10.7 Å². The molecule has 0 aromatic heterocycles. The summed E-state index contributed by atoms with van der Waals surface area (Å²) in [7, 11) is 0. The fraction of sp³-hybridized carbons (Fsp3) is 0.625. The third-order valence-corrected chi connectivity index (χ3v) is 5.73. The first-order chi connectivity index (χ1) is 8.93. The Morgan fingerprint density at radius 3 is 2.00 bits per heavy atom. The predicted octanol–water partition coefficient (Wildman–Crippen LogP) is 5.93. The summed E-state index contributed by atoms with van der Waals surface area (Å²) in [5.74, 6) is 1.20. The number of hydrogen-bond acceptors (Lipinski definition) is 0. The van der Waals surface area contributed by atoms with Crippen molar-refractivity contribution in [3.05, 3.63) is 35.6 Å². The molecule has 0 nitrogen and oxygen atoms in total. The molecule has 0 N–H and O–H groups in total. The van der Waals surface area contributed by atoms with Gasteiger partial charge in [0.15, 0.2) is 0 Å². The van der Waals surface area contributed by atoms with Crippen LogP contribution in [-0.2, 0) is 5.41 Å². The molecule has 1 atom stereocenters. The maximum absolute atomic E-state index is 13.1. The SMILES string of the molecule is CC(C)CC(C)CC(CBr)(CBr)c1ccc(F)cc1. The first-order valence-electron chi connectivity index (χ1n) is 6.81. The van der Waals surface area contributed by atoms with E-state index in [0.29, 0.717) is 11.8 Å². The minimum Gasteiger partial charge on any atom is -0.207 e. The molecule has 0 aliphatic rings.